The molecular weight excluding hydrogens is 631 g/mol. The molecule has 9 nitrogen and oxygen atoms in total. The van der Waals surface area contributed by atoms with Crippen LogP contribution in [-0.2, 0) is 0 Å². The van der Waals surface area contributed by atoms with Crippen LogP contribution in [0.5, 0.6) is 0 Å². The molecule has 0 atom stereocenters. The smallest absolute Gasteiger partial charge is 0.242 e. The van der Waals surface area contributed by atoms with Crippen LogP contribution >= 0.6 is 0 Å². The Morgan fingerprint density at radius 1 is 0.255 bits per heavy atom. The summed E-state index contributed by atoms with van der Waals surface area (Å²) in [6.07, 6.45) is 0. The molecule has 0 saturated heterocycles. The third-order valence-electron chi connectivity index (χ3n) is 8.98. The van der Waals surface area contributed by atoms with Crippen LogP contribution in [0.2, 0.25) is 0 Å². The Balaban J connectivity index is 1.34. The molecule has 10 rings (SSSR count). The van der Waals surface area contributed by atoms with Crippen LogP contribution in [0, 0.1) is 0 Å². The molecule has 0 amide bonds. The Hall–Kier alpha value is -7.26. The van der Waals surface area contributed by atoms with Gasteiger partial charge in [0, 0.05) is 16.7 Å². The quantitative estimate of drug-likeness (QED) is 0.177. The summed E-state index contributed by atoms with van der Waals surface area (Å²) in [5, 5.41) is 0. The second-order valence-corrected chi connectivity index (χ2v) is 12.1. The highest BCUT2D eigenvalue weighted by Gasteiger charge is 2.24. The first-order valence-corrected chi connectivity index (χ1v) is 16.7. The van der Waals surface area contributed by atoms with Crippen molar-refractivity contribution in [1.82, 2.24) is 43.6 Å². The summed E-state index contributed by atoms with van der Waals surface area (Å²) in [5.41, 5.74) is 7.92. The van der Waals surface area contributed by atoms with Gasteiger partial charge in [-0.3, -0.25) is 13.7 Å². The second kappa shape index (κ2) is 11.7. The van der Waals surface area contributed by atoms with Gasteiger partial charge in [0.15, 0.2) is 0 Å². The highest BCUT2D eigenvalue weighted by atomic mass is 15.3. The van der Waals surface area contributed by atoms with E-state index < -0.39 is 0 Å². The average molecular weight is 658 g/mol. The SMILES string of the molecule is c1ccc(-c2nc3ccccc3n2-c2nc(-n3c(-c4ccccc4)nc4ccccc43)nc(-n3c(-c4ccccc4)nc4ccccc43)n2)cc1. The van der Waals surface area contributed by atoms with Crippen molar-refractivity contribution in [3.63, 3.8) is 0 Å². The molecule has 0 aliphatic carbocycles. The molecule has 9 heteroatoms. The molecule has 10 aromatic rings. The van der Waals surface area contributed by atoms with E-state index in [0.717, 1.165) is 67.3 Å². The van der Waals surface area contributed by atoms with Crippen LogP contribution in [0.15, 0.2) is 164 Å². The molecule has 4 aromatic heterocycles. The van der Waals surface area contributed by atoms with E-state index in [9.17, 15) is 0 Å². The minimum atomic E-state index is 0.413. The van der Waals surface area contributed by atoms with Crippen molar-refractivity contribution in [2.24, 2.45) is 0 Å². The van der Waals surface area contributed by atoms with Gasteiger partial charge < -0.3 is 0 Å². The normalized spacial score (nSPS) is 11.5. The first kappa shape index (κ1) is 28.7. The molecule has 0 saturated carbocycles. The van der Waals surface area contributed by atoms with Gasteiger partial charge >= 0.3 is 0 Å². The van der Waals surface area contributed by atoms with Gasteiger partial charge in [0.2, 0.25) is 17.8 Å². The Bertz CT molecular complexity index is 2530. The number of hydrogen-bond acceptors (Lipinski definition) is 6. The van der Waals surface area contributed by atoms with Crippen molar-refractivity contribution in [3.8, 4) is 52.0 Å². The van der Waals surface area contributed by atoms with Crippen LogP contribution < -0.4 is 0 Å². The molecule has 4 heterocycles. The largest absolute Gasteiger partial charge is 0.260 e. The van der Waals surface area contributed by atoms with Crippen LogP contribution in [-0.4, -0.2) is 43.6 Å². The van der Waals surface area contributed by atoms with Gasteiger partial charge in [-0.15, -0.1) is 0 Å². The number of rotatable bonds is 6. The number of fused-ring (bicyclic) bond motifs is 3. The van der Waals surface area contributed by atoms with E-state index in [1.807, 2.05) is 141 Å². The fourth-order valence-corrected chi connectivity index (χ4v) is 6.67. The van der Waals surface area contributed by atoms with E-state index in [0.29, 0.717) is 17.8 Å². The second-order valence-electron chi connectivity index (χ2n) is 12.1. The molecular formula is C42H27N9. The summed E-state index contributed by atoms with van der Waals surface area (Å²) < 4.78 is 6.05. The van der Waals surface area contributed by atoms with Crippen molar-refractivity contribution in [3.05, 3.63) is 164 Å². The highest BCUT2D eigenvalue weighted by molar-refractivity contribution is 5.85. The van der Waals surface area contributed by atoms with E-state index in [1.165, 1.54) is 0 Å². The van der Waals surface area contributed by atoms with Crippen molar-refractivity contribution in [1.29, 1.82) is 0 Å². The van der Waals surface area contributed by atoms with E-state index >= 15 is 0 Å². The first-order chi connectivity index (χ1) is 25.3. The number of para-hydroxylation sites is 6. The Labute approximate surface area is 291 Å². The molecule has 240 valence electrons. The van der Waals surface area contributed by atoms with Gasteiger partial charge in [-0.2, -0.15) is 15.0 Å². The van der Waals surface area contributed by atoms with Gasteiger partial charge in [0.1, 0.15) is 17.5 Å². The van der Waals surface area contributed by atoms with E-state index in [4.69, 9.17) is 29.9 Å². The molecule has 0 bridgehead atoms. The maximum absolute atomic E-state index is 5.27. The van der Waals surface area contributed by atoms with E-state index in [2.05, 4.69) is 36.4 Å². The van der Waals surface area contributed by atoms with Crippen molar-refractivity contribution in [2.45, 2.75) is 0 Å². The standard InChI is InChI=1S/C42H27N9/c1-4-16-28(17-5-1)37-43-31-22-10-13-25-34(31)49(37)40-46-41(50-35-26-14-11-23-32(35)44-38(50)29-18-6-2-7-19-29)48-42(47-40)51-36-27-15-12-24-33(36)45-39(51)30-20-8-3-9-21-30/h1-27H. The molecule has 0 unspecified atom stereocenters. The lowest BCUT2D eigenvalue weighted by Crippen LogP contribution is -2.15. The zero-order valence-corrected chi connectivity index (χ0v) is 27.1. The van der Waals surface area contributed by atoms with E-state index in [1.54, 1.807) is 0 Å². The van der Waals surface area contributed by atoms with Crippen LogP contribution in [0.3, 0.4) is 0 Å². The Morgan fingerprint density at radius 3 is 0.804 bits per heavy atom. The molecule has 0 aliphatic rings. The molecule has 0 N–H and O–H groups in total. The zero-order valence-electron chi connectivity index (χ0n) is 27.1. The summed E-state index contributed by atoms with van der Waals surface area (Å²) in [5.74, 6) is 3.40. The highest BCUT2D eigenvalue weighted by Crippen LogP contribution is 2.33. The number of aromatic nitrogens is 9. The van der Waals surface area contributed by atoms with Crippen LogP contribution in [0.1, 0.15) is 0 Å². The number of benzene rings is 6. The van der Waals surface area contributed by atoms with Crippen LogP contribution in [0.25, 0.3) is 85.1 Å². The van der Waals surface area contributed by atoms with Crippen molar-refractivity contribution in [2.75, 3.05) is 0 Å². The van der Waals surface area contributed by atoms with Gasteiger partial charge in [-0.25, -0.2) is 15.0 Å². The van der Waals surface area contributed by atoms with Gasteiger partial charge in [-0.1, -0.05) is 127 Å². The Kier molecular flexibility index (Phi) is 6.60. The maximum atomic E-state index is 5.27. The Morgan fingerprint density at radius 2 is 0.510 bits per heavy atom. The first-order valence-electron chi connectivity index (χ1n) is 16.7. The monoisotopic (exact) mass is 657 g/mol. The van der Waals surface area contributed by atoms with Crippen LogP contribution in [0.4, 0.5) is 0 Å². The van der Waals surface area contributed by atoms with Crippen molar-refractivity contribution >= 4 is 33.1 Å². The fourth-order valence-electron chi connectivity index (χ4n) is 6.67. The lowest BCUT2D eigenvalue weighted by atomic mass is 10.2. The van der Waals surface area contributed by atoms with Gasteiger partial charge in [0.05, 0.1) is 33.1 Å². The molecule has 0 aliphatic heterocycles. The minimum Gasteiger partial charge on any atom is -0.260 e. The molecule has 51 heavy (non-hydrogen) atoms. The summed E-state index contributed by atoms with van der Waals surface area (Å²) in [4.78, 5) is 31.1. The number of hydrogen-bond donors (Lipinski definition) is 0. The third kappa shape index (κ3) is 4.79. The molecule has 0 radical (unpaired) electrons. The molecule has 0 spiro atoms. The summed E-state index contributed by atoms with van der Waals surface area (Å²) in [6, 6.07) is 54.5. The van der Waals surface area contributed by atoms with Gasteiger partial charge in [-0.05, 0) is 36.4 Å². The predicted molar refractivity (Wildman–Crippen MR) is 200 cm³/mol. The van der Waals surface area contributed by atoms with E-state index in [-0.39, 0.29) is 0 Å². The fraction of sp³-hybridized carbons (Fsp3) is 0. The topological polar surface area (TPSA) is 92.1 Å². The summed E-state index contributed by atoms with van der Waals surface area (Å²) in [7, 11) is 0. The van der Waals surface area contributed by atoms with Gasteiger partial charge in [0.25, 0.3) is 0 Å². The maximum Gasteiger partial charge on any atom is 0.242 e. The lowest BCUT2D eigenvalue weighted by Gasteiger charge is -2.15. The summed E-state index contributed by atoms with van der Waals surface area (Å²) >= 11 is 0. The molecule has 0 fully saturated rings. The minimum absolute atomic E-state index is 0.413. The predicted octanol–water partition coefficient (Wildman–Crippen LogP) is 8.89. The number of imidazole rings is 3. The number of nitrogens with zero attached hydrogens (tertiary/aromatic N) is 9. The van der Waals surface area contributed by atoms with Crippen molar-refractivity contribution < 1.29 is 0 Å². The lowest BCUT2D eigenvalue weighted by molar-refractivity contribution is 0.824. The third-order valence-corrected chi connectivity index (χ3v) is 8.98. The molecule has 6 aromatic carbocycles. The zero-order chi connectivity index (χ0) is 33.7. The summed E-state index contributed by atoms with van der Waals surface area (Å²) in [6.45, 7) is 0. The average Bonchev–Trinajstić information content (AvgIpc) is 3.91.